The van der Waals surface area contributed by atoms with Gasteiger partial charge in [-0.05, 0) is 42.3 Å². The maximum atomic E-state index is 13.0. The van der Waals surface area contributed by atoms with Gasteiger partial charge in [-0.15, -0.1) is 0 Å². The molecule has 0 heterocycles. The number of carbonyl (C=O) groups excluding carboxylic acids is 1. The first kappa shape index (κ1) is 14.0. The van der Waals surface area contributed by atoms with Crippen LogP contribution in [0, 0.1) is 11.6 Å². The minimum absolute atomic E-state index is 0.0693. The maximum absolute atomic E-state index is 13.0. The van der Waals surface area contributed by atoms with E-state index in [2.05, 4.69) is 5.32 Å². The van der Waals surface area contributed by atoms with Crippen molar-refractivity contribution in [3.05, 3.63) is 65.2 Å². The number of rotatable bonds is 4. The third-order valence-corrected chi connectivity index (χ3v) is 2.79. The summed E-state index contributed by atoms with van der Waals surface area (Å²) in [5.74, 6) is -2.34. The Balaban J connectivity index is 1.90. The predicted molar refractivity (Wildman–Crippen MR) is 70.5 cm³/mol. The van der Waals surface area contributed by atoms with Crippen molar-refractivity contribution in [3.63, 3.8) is 0 Å². The fraction of sp³-hybridized carbons (Fsp3) is 0.133. The Hall–Kier alpha value is -2.43. The van der Waals surface area contributed by atoms with Crippen molar-refractivity contribution < 1.29 is 18.7 Å². The Morgan fingerprint density at radius 1 is 1.10 bits per heavy atom. The van der Waals surface area contributed by atoms with E-state index in [-0.39, 0.29) is 11.3 Å². The van der Waals surface area contributed by atoms with Gasteiger partial charge in [0.05, 0.1) is 0 Å². The van der Waals surface area contributed by atoms with E-state index < -0.39 is 17.5 Å². The van der Waals surface area contributed by atoms with Crippen LogP contribution in [0.2, 0.25) is 0 Å². The van der Waals surface area contributed by atoms with Crippen LogP contribution in [0.1, 0.15) is 15.9 Å². The fourth-order valence-corrected chi connectivity index (χ4v) is 1.77. The van der Waals surface area contributed by atoms with E-state index >= 15 is 0 Å². The van der Waals surface area contributed by atoms with Gasteiger partial charge in [-0.1, -0.05) is 12.1 Å². The van der Waals surface area contributed by atoms with Gasteiger partial charge in [0.25, 0.3) is 5.91 Å². The number of halogens is 2. The number of aromatic hydroxyl groups is 1. The molecule has 0 spiro atoms. The van der Waals surface area contributed by atoms with E-state index in [9.17, 15) is 18.7 Å². The lowest BCUT2D eigenvalue weighted by molar-refractivity contribution is 0.0953. The highest BCUT2D eigenvalue weighted by molar-refractivity contribution is 5.94. The van der Waals surface area contributed by atoms with Gasteiger partial charge in [0.15, 0.2) is 11.6 Å². The van der Waals surface area contributed by atoms with Gasteiger partial charge in [0.1, 0.15) is 5.75 Å². The second kappa shape index (κ2) is 6.14. The third-order valence-electron chi connectivity index (χ3n) is 2.79. The molecule has 0 radical (unpaired) electrons. The molecule has 0 aliphatic carbocycles. The fourth-order valence-electron chi connectivity index (χ4n) is 1.77. The average molecular weight is 277 g/mol. The van der Waals surface area contributed by atoms with Crippen molar-refractivity contribution in [3.8, 4) is 5.75 Å². The average Bonchev–Trinajstić information content (AvgIpc) is 2.42. The molecule has 1 amide bonds. The predicted octanol–water partition coefficient (Wildman–Crippen LogP) is 2.64. The molecule has 0 saturated carbocycles. The smallest absolute Gasteiger partial charge is 0.251 e. The van der Waals surface area contributed by atoms with Gasteiger partial charge in [-0.25, -0.2) is 8.78 Å². The number of hydrogen-bond acceptors (Lipinski definition) is 2. The molecule has 2 aromatic carbocycles. The van der Waals surface area contributed by atoms with Crippen molar-refractivity contribution in [1.82, 2.24) is 5.32 Å². The summed E-state index contributed by atoms with van der Waals surface area (Å²) < 4.78 is 25.7. The Bertz CT molecular complexity index is 629. The molecule has 0 bridgehead atoms. The van der Waals surface area contributed by atoms with E-state index in [4.69, 9.17) is 0 Å². The maximum Gasteiger partial charge on any atom is 0.251 e. The molecule has 0 aliphatic heterocycles. The summed E-state index contributed by atoms with van der Waals surface area (Å²) in [6.07, 6.45) is 0.532. The Morgan fingerprint density at radius 2 is 1.90 bits per heavy atom. The minimum atomic E-state index is -1.05. The molecule has 20 heavy (non-hydrogen) atoms. The third kappa shape index (κ3) is 3.54. The molecule has 5 heteroatoms. The van der Waals surface area contributed by atoms with Crippen LogP contribution in [-0.4, -0.2) is 17.6 Å². The highest BCUT2D eigenvalue weighted by atomic mass is 19.2. The zero-order chi connectivity index (χ0) is 14.5. The molecule has 104 valence electrons. The van der Waals surface area contributed by atoms with E-state index in [1.165, 1.54) is 6.07 Å². The second-order valence-electron chi connectivity index (χ2n) is 4.30. The summed E-state index contributed by atoms with van der Waals surface area (Å²) in [6, 6.07) is 9.69. The SMILES string of the molecule is O=C(NCCc1cccc(O)c1)c1ccc(F)c(F)c1. The van der Waals surface area contributed by atoms with Crippen LogP contribution in [0.3, 0.4) is 0 Å². The van der Waals surface area contributed by atoms with E-state index in [0.29, 0.717) is 13.0 Å². The molecule has 2 N–H and O–H groups in total. The summed E-state index contributed by atoms with van der Waals surface area (Å²) in [5, 5.41) is 11.9. The summed E-state index contributed by atoms with van der Waals surface area (Å²) in [5.41, 5.74) is 0.940. The van der Waals surface area contributed by atoms with Crippen LogP contribution in [0.25, 0.3) is 0 Å². The van der Waals surface area contributed by atoms with Crippen LogP contribution in [0.5, 0.6) is 5.75 Å². The molecular formula is C15H13F2NO2. The Labute approximate surface area is 114 Å². The van der Waals surface area contributed by atoms with Crippen LogP contribution in [0.4, 0.5) is 8.78 Å². The molecule has 0 saturated heterocycles. The standard InChI is InChI=1S/C15H13F2NO2/c16-13-5-4-11(9-14(13)17)15(20)18-7-6-10-2-1-3-12(19)8-10/h1-5,8-9,19H,6-7H2,(H,18,20). The number of hydrogen-bond donors (Lipinski definition) is 2. The molecular weight excluding hydrogens is 264 g/mol. The van der Waals surface area contributed by atoms with Crippen LogP contribution >= 0.6 is 0 Å². The molecule has 2 aromatic rings. The molecule has 0 aromatic heterocycles. The topological polar surface area (TPSA) is 49.3 Å². The van der Waals surface area contributed by atoms with Gasteiger partial charge in [0.2, 0.25) is 0 Å². The van der Waals surface area contributed by atoms with Crippen LogP contribution in [-0.2, 0) is 6.42 Å². The van der Waals surface area contributed by atoms with Gasteiger partial charge in [0, 0.05) is 12.1 Å². The number of benzene rings is 2. The molecule has 0 aliphatic rings. The summed E-state index contributed by atoms with van der Waals surface area (Å²) in [6.45, 7) is 0.335. The van der Waals surface area contributed by atoms with Gasteiger partial charge < -0.3 is 10.4 Å². The number of nitrogens with one attached hydrogen (secondary N) is 1. The summed E-state index contributed by atoms with van der Waals surface area (Å²) >= 11 is 0. The molecule has 2 rings (SSSR count). The van der Waals surface area contributed by atoms with Crippen LogP contribution < -0.4 is 5.32 Å². The largest absolute Gasteiger partial charge is 0.508 e. The van der Waals surface area contributed by atoms with Crippen molar-refractivity contribution in [2.45, 2.75) is 6.42 Å². The number of carbonyl (C=O) groups is 1. The first-order valence-corrected chi connectivity index (χ1v) is 6.07. The van der Waals surface area contributed by atoms with Gasteiger partial charge in [-0.2, -0.15) is 0 Å². The molecule has 0 fully saturated rings. The highest BCUT2D eigenvalue weighted by Gasteiger charge is 2.09. The number of amides is 1. The second-order valence-corrected chi connectivity index (χ2v) is 4.30. The first-order valence-electron chi connectivity index (χ1n) is 6.07. The number of phenolic OH excluding ortho intramolecular Hbond substituents is 1. The van der Waals surface area contributed by atoms with E-state index in [0.717, 1.165) is 17.7 Å². The Morgan fingerprint density at radius 3 is 2.60 bits per heavy atom. The van der Waals surface area contributed by atoms with Crippen molar-refractivity contribution >= 4 is 5.91 Å². The summed E-state index contributed by atoms with van der Waals surface area (Å²) in [7, 11) is 0. The van der Waals surface area contributed by atoms with Crippen LogP contribution in [0.15, 0.2) is 42.5 Å². The molecule has 0 unspecified atom stereocenters. The quantitative estimate of drug-likeness (QED) is 0.902. The van der Waals surface area contributed by atoms with Gasteiger partial charge in [-0.3, -0.25) is 4.79 Å². The number of phenols is 1. The monoisotopic (exact) mass is 277 g/mol. The van der Waals surface area contributed by atoms with Gasteiger partial charge >= 0.3 is 0 Å². The van der Waals surface area contributed by atoms with E-state index in [1.54, 1.807) is 18.2 Å². The van der Waals surface area contributed by atoms with Crippen molar-refractivity contribution in [2.24, 2.45) is 0 Å². The first-order chi connectivity index (χ1) is 9.56. The molecule has 0 atom stereocenters. The minimum Gasteiger partial charge on any atom is -0.508 e. The lowest BCUT2D eigenvalue weighted by Gasteiger charge is -2.06. The van der Waals surface area contributed by atoms with Crippen molar-refractivity contribution in [1.29, 1.82) is 0 Å². The lowest BCUT2D eigenvalue weighted by atomic mass is 10.1. The lowest BCUT2D eigenvalue weighted by Crippen LogP contribution is -2.25. The zero-order valence-corrected chi connectivity index (χ0v) is 10.6. The van der Waals surface area contributed by atoms with E-state index in [1.807, 2.05) is 6.07 Å². The summed E-state index contributed by atoms with van der Waals surface area (Å²) in [4.78, 5) is 11.7. The normalized spacial score (nSPS) is 10.3. The van der Waals surface area contributed by atoms with Crippen molar-refractivity contribution in [2.75, 3.05) is 6.54 Å². The molecule has 3 nitrogen and oxygen atoms in total. The Kier molecular flexibility index (Phi) is 4.30. The zero-order valence-electron chi connectivity index (χ0n) is 10.6. The highest BCUT2D eigenvalue weighted by Crippen LogP contribution is 2.11.